The van der Waals surface area contributed by atoms with Gasteiger partial charge in [0.1, 0.15) is 5.82 Å². The van der Waals surface area contributed by atoms with Crippen LogP contribution in [0.15, 0.2) is 18.2 Å². The highest BCUT2D eigenvalue weighted by molar-refractivity contribution is 6.31. The van der Waals surface area contributed by atoms with Crippen LogP contribution in [0.3, 0.4) is 0 Å². The maximum Gasteiger partial charge on any atom is 0.123 e. The number of hydrogen-bond acceptors (Lipinski definition) is 1. The summed E-state index contributed by atoms with van der Waals surface area (Å²) in [4.78, 5) is 0. The van der Waals surface area contributed by atoms with Crippen molar-refractivity contribution in [1.82, 2.24) is 0 Å². The fraction of sp³-hybridized carbons (Fsp3) is 0.647. The summed E-state index contributed by atoms with van der Waals surface area (Å²) in [5, 5.41) is 0.620. The molecule has 1 aromatic carbocycles. The quantitative estimate of drug-likeness (QED) is 0.820. The molecule has 0 spiro atoms. The first-order chi connectivity index (χ1) is 9.20. The summed E-state index contributed by atoms with van der Waals surface area (Å²) in [5.74, 6) is 0.485. The topological polar surface area (TPSA) is 26.0 Å². The molecule has 0 unspecified atom stereocenters. The normalized spacial score (nSPS) is 27.6. The van der Waals surface area contributed by atoms with Crippen LogP contribution in [0.5, 0.6) is 0 Å². The molecule has 1 saturated carbocycles. The highest BCUT2D eigenvalue weighted by atomic mass is 35.5. The van der Waals surface area contributed by atoms with Gasteiger partial charge >= 0.3 is 0 Å². The van der Waals surface area contributed by atoms with Gasteiger partial charge in [-0.2, -0.15) is 0 Å². The first-order valence-corrected chi connectivity index (χ1v) is 7.80. The molecule has 0 aromatic heterocycles. The van der Waals surface area contributed by atoms with Crippen molar-refractivity contribution in [2.24, 2.45) is 17.1 Å². The van der Waals surface area contributed by atoms with Crippen LogP contribution >= 0.6 is 11.6 Å². The van der Waals surface area contributed by atoms with Gasteiger partial charge in [0.15, 0.2) is 0 Å². The van der Waals surface area contributed by atoms with Crippen LogP contribution in [0, 0.1) is 17.2 Å². The number of hydrogen-bond donors (Lipinski definition) is 1. The number of rotatable bonds is 2. The summed E-state index contributed by atoms with van der Waals surface area (Å²) in [5.41, 5.74) is 7.48. The van der Waals surface area contributed by atoms with E-state index < -0.39 is 0 Å². The minimum Gasteiger partial charge on any atom is -0.325 e. The monoisotopic (exact) mass is 297 g/mol. The average molecular weight is 298 g/mol. The second-order valence-corrected chi connectivity index (χ2v) is 7.82. The van der Waals surface area contributed by atoms with Crippen molar-refractivity contribution in [1.29, 1.82) is 0 Å². The van der Waals surface area contributed by atoms with Gasteiger partial charge in [-0.15, -0.1) is 0 Å². The third-order valence-corrected chi connectivity index (χ3v) is 5.13. The van der Waals surface area contributed by atoms with Gasteiger partial charge in [0, 0.05) is 10.6 Å². The van der Waals surface area contributed by atoms with Crippen molar-refractivity contribution in [3.05, 3.63) is 34.6 Å². The molecule has 3 heteroatoms. The first kappa shape index (κ1) is 15.8. The SMILES string of the molecule is CC(C)(C)C1CCC(N)(Cc2cc(F)ccc2Cl)CC1. The standard InChI is InChI=1S/C17H25ClFN/c1-16(2,3)13-6-8-17(20,9-7-13)11-12-10-14(19)4-5-15(12)18/h4-5,10,13H,6-9,11,20H2,1-3H3. The van der Waals surface area contributed by atoms with Crippen molar-refractivity contribution in [3.8, 4) is 0 Å². The van der Waals surface area contributed by atoms with Crippen LogP contribution in [0.4, 0.5) is 4.39 Å². The molecule has 0 heterocycles. The maximum absolute atomic E-state index is 13.3. The molecular formula is C17H25ClFN. The molecule has 1 fully saturated rings. The molecule has 0 atom stereocenters. The van der Waals surface area contributed by atoms with E-state index in [1.54, 1.807) is 6.07 Å². The molecule has 0 amide bonds. The van der Waals surface area contributed by atoms with Crippen molar-refractivity contribution in [2.75, 3.05) is 0 Å². The molecular weight excluding hydrogens is 273 g/mol. The predicted molar refractivity (Wildman–Crippen MR) is 83.4 cm³/mol. The van der Waals surface area contributed by atoms with Gasteiger partial charge in [-0.3, -0.25) is 0 Å². The van der Waals surface area contributed by atoms with Crippen LogP contribution in [0.1, 0.15) is 52.0 Å². The van der Waals surface area contributed by atoms with E-state index >= 15 is 0 Å². The van der Waals surface area contributed by atoms with Crippen molar-refractivity contribution in [3.63, 3.8) is 0 Å². The second kappa shape index (κ2) is 5.65. The van der Waals surface area contributed by atoms with E-state index in [-0.39, 0.29) is 11.4 Å². The summed E-state index contributed by atoms with van der Waals surface area (Å²) in [6.07, 6.45) is 4.93. The summed E-state index contributed by atoms with van der Waals surface area (Å²) in [6, 6.07) is 4.54. The van der Waals surface area contributed by atoms with E-state index in [9.17, 15) is 4.39 Å². The Morgan fingerprint density at radius 1 is 1.30 bits per heavy atom. The summed E-state index contributed by atoms with van der Waals surface area (Å²) < 4.78 is 13.3. The molecule has 1 nitrogen and oxygen atoms in total. The number of benzene rings is 1. The van der Waals surface area contributed by atoms with Crippen LogP contribution in [0.2, 0.25) is 5.02 Å². The molecule has 0 aliphatic heterocycles. The fourth-order valence-electron chi connectivity index (χ4n) is 3.29. The van der Waals surface area contributed by atoms with Gasteiger partial charge in [-0.1, -0.05) is 32.4 Å². The van der Waals surface area contributed by atoms with Crippen molar-refractivity contribution < 1.29 is 4.39 Å². The summed E-state index contributed by atoms with van der Waals surface area (Å²) in [7, 11) is 0. The summed E-state index contributed by atoms with van der Waals surface area (Å²) >= 11 is 6.16. The number of nitrogens with two attached hydrogens (primary N) is 1. The van der Waals surface area contributed by atoms with Gasteiger partial charge < -0.3 is 5.73 Å². The lowest BCUT2D eigenvalue weighted by atomic mass is 9.66. The molecule has 2 rings (SSSR count). The van der Waals surface area contributed by atoms with E-state index in [0.717, 1.165) is 37.2 Å². The lowest BCUT2D eigenvalue weighted by Crippen LogP contribution is -2.46. The highest BCUT2D eigenvalue weighted by Crippen LogP contribution is 2.42. The van der Waals surface area contributed by atoms with Gasteiger partial charge in [-0.05, 0) is 67.2 Å². The average Bonchev–Trinajstić information content (AvgIpc) is 2.33. The minimum absolute atomic E-state index is 0.237. The molecule has 1 aliphatic carbocycles. The lowest BCUT2D eigenvalue weighted by Gasteiger charge is -2.42. The zero-order chi connectivity index (χ0) is 15.0. The Labute approximate surface area is 126 Å². The van der Waals surface area contributed by atoms with Gasteiger partial charge in [-0.25, -0.2) is 4.39 Å². The van der Waals surface area contributed by atoms with Crippen molar-refractivity contribution in [2.45, 2.75) is 58.4 Å². The van der Waals surface area contributed by atoms with Gasteiger partial charge in [0.05, 0.1) is 0 Å². The highest BCUT2D eigenvalue weighted by Gasteiger charge is 2.36. The zero-order valence-electron chi connectivity index (χ0n) is 12.7. The molecule has 112 valence electrons. The molecule has 0 saturated heterocycles. The Balaban J connectivity index is 2.05. The third kappa shape index (κ3) is 3.73. The minimum atomic E-state index is -0.239. The Kier molecular flexibility index (Phi) is 4.46. The van der Waals surface area contributed by atoms with E-state index in [4.69, 9.17) is 17.3 Å². The van der Waals surface area contributed by atoms with Crippen molar-refractivity contribution >= 4 is 11.6 Å². The Hall–Kier alpha value is -0.600. The number of halogens is 2. The molecule has 1 aliphatic rings. The second-order valence-electron chi connectivity index (χ2n) is 7.42. The molecule has 2 N–H and O–H groups in total. The Morgan fingerprint density at radius 2 is 1.90 bits per heavy atom. The smallest absolute Gasteiger partial charge is 0.123 e. The molecule has 20 heavy (non-hydrogen) atoms. The van der Waals surface area contributed by atoms with Crippen LogP contribution < -0.4 is 5.73 Å². The fourth-order valence-corrected chi connectivity index (χ4v) is 3.48. The maximum atomic E-state index is 13.3. The van der Waals surface area contributed by atoms with Gasteiger partial charge in [0.2, 0.25) is 0 Å². The van der Waals surface area contributed by atoms with Crippen LogP contribution in [-0.2, 0) is 6.42 Å². The van der Waals surface area contributed by atoms with E-state index in [0.29, 0.717) is 16.9 Å². The van der Waals surface area contributed by atoms with E-state index in [2.05, 4.69) is 20.8 Å². The molecule has 0 bridgehead atoms. The first-order valence-electron chi connectivity index (χ1n) is 7.42. The van der Waals surface area contributed by atoms with Gasteiger partial charge in [0.25, 0.3) is 0 Å². The molecule has 0 radical (unpaired) electrons. The van der Waals surface area contributed by atoms with E-state index in [1.165, 1.54) is 12.1 Å². The summed E-state index contributed by atoms with van der Waals surface area (Å²) in [6.45, 7) is 6.89. The third-order valence-electron chi connectivity index (χ3n) is 4.76. The molecule has 1 aromatic rings. The van der Waals surface area contributed by atoms with Crippen LogP contribution in [-0.4, -0.2) is 5.54 Å². The predicted octanol–water partition coefficient (Wildman–Crippen LogP) is 4.96. The Morgan fingerprint density at radius 3 is 2.45 bits per heavy atom. The largest absolute Gasteiger partial charge is 0.325 e. The lowest BCUT2D eigenvalue weighted by molar-refractivity contribution is 0.134. The zero-order valence-corrected chi connectivity index (χ0v) is 13.4. The Bertz CT molecular complexity index is 470. The van der Waals surface area contributed by atoms with E-state index in [1.807, 2.05) is 0 Å². The van der Waals surface area contributed by atoms with Crippen LogP contribution in [0.25, 0.3) is 0 Å².